The number of ether oxygens (including phenoxy) is 2. The predicted molar refractivity (Wildman–Crippen MR) is 73.6 cm³/mol. The van der Waals surface area contributed by atoms with Gasteiger partial charge in [0.15, 0.2) is 0 Å². The maximum Gasteiger partial charge on any atom is 0.340 e. The Kier molecular flexibility index (Phi) is 5.53. The van der Waals surface area contributed by atoms with Gasteiger partial charge in [-0.3, -0.25) is 4.79 Å². The van der Waals surface area contributed by atoms with Crippen LogP contribution in [0.1, 0.15) is 10.4 Å². The lowest BCUT2D eigenvalue weighted by molar-refractivity contribution is -0.137. The molecular formula is C13H16N2O6. The van der Waals surface area contributed by atoms with Crippen molar-refractivity contribution in [1.29, 1.82) is 0 Å². The number of urea groups is 1. The molecule has 1 rings (SSSR count). The number of methoxy groups -OCH3 is 2. The lowest BCUT2D eigenvalue weighted by Crippen LogP contribution is -2.35. The Bertz CT molecular complexity index is 558. The molecule has 0 aliphatic heterocycles. The number of carboxylic acid groups (broad SMARTS) is 1. The van der Waals surface area contributed by atoms with E-state index in [9.17, 15) is 14.4 Å². The highest BCUT2D eigenvalue weighted by atomic mass is 16.5. The van der Waals surface area contributed by atoms with Gasteiger partial charge in [0.1, 0.15) is 12.3 Å². The smallest absolute Gasteiger partial charge is 0.340 e. The maximum atomic E-state index is 11.8. The van der Waals surface area contributed by atoms with Crippen LogP contribution in [-0.4, -0.2) is 55.8 Å². The van der Waals surface area contributed by atoms with Crippen LogP contribution in [0, 0.1) is 0 Å². The van der Waals surface area contributed by atoms with E-state index in [2.05, 4.69) is 10.1 Å². The molecule has 0 aliphatic rings. The molecule has 0 saturated carbocycles. The van der Waals surface area contributed by atoms with Gasteiger partial charge in [-0.15, -0.1) is 0 Å². The molecule has 0 aliphatic carbocycles. The second kappa shape index (κ2) is 7.13. The van der Waals surface area contributed by atoms with Crippen molar-refractivity contribution in [2.75, 3.05) is 33.1 Å². The van der Waals surface area contributed by atoms with E-state index in [1.807, 2.05) is 0 Å². The Hall–Kier alpha value is -2.77. The Morgan fingerprint density at radius 3 is 2.48 bits per heavy atom. The standard InChI is InChI=1S/C13H16N2O6/c1-15(7-11(16)17)13(19)14-10-5-4-8(20-2)6-9(10)12(18)21-3/h4-6H,7H2,1-3H3,(H,14,19)(H,16,17). The normalized spacial score (nSPS) is 9.67. The van der Waals surface area contributed by atoms with E-state index in [1.165, 1.54) is 33.4 Å². The molecule has 0 saturated heterocycles. The molecular weight excluding hydrogens is 280 g/mol. The van der Waals surface area contributed by atoms with Gasteiger partial charge in [0, 0.05) is 7.05 Å². The summed E-state index contributed by atoms with van der Waals surface area (Å²) < 4.78 is 9.63. The lowest BCUT2D eigenvalue weighted by atomic mass is 10.1. The highest BCUT2D eigenvalue weighted by Gasteiger charge is 2.18. The summed E-state index contributed by atoms with van der Waals surface area (Å²) in [6.45, 7) is -0.463. The fourth-order valence-electron chi connectivity index (χ4n) is 1.52. The minimum absolute atomic E-state index is 0.105. The fourth-order valence-corrected chi connectivity index (χ4v) is 1.52. The van der Waals surface area contributed by atoms with Gasteiger partial charge < -0.3 is 24.8 Å². The molecule has 2 N–H and O–H groups in total. The fraction of sp³-hybridized carbons (Fsp3) is 0.308. The second-order valence-corrected chi connectivity index (χ2v) is 4.08. The largest absolute Gasteiger partial charge is 0.497 e. The first-order valence-corrected chi connectivity index (χ1v) is 5.89. The second-order valence-electron chi connectivity index (χ2n) is 4.08. The molecule has 0 aromatic heterocycles. The third-order valence-corrected chi connectivity index (χ3v) is 2.59. The first-order chi connectivity index (χ1) is 9.88. The van der Waals surface area contributed by atoms with Gasteiger partial charge in [0.05, 0.1) is 25.5 Å². The van der Waals surface area contributed by atoms with Crippen molar-refractivity contribution in [2.24, 2.45) is 0 Å². The summed E-state index contributed by atoms with van der Waals surface area (Å²) in [4.78, 5) is 35.1. The molecule has 1 aromatic carbocycles. The van der Waals surface area contributed by atoms with Crippen LogP contribution in [-0.2, 0) is 9.53 Å². The zero-order valence-corrected chi connectivity index (χ0v) is 11.9. The van der Waals surface area contributed by atoms with E-state index < -0.39 is 24.5 Å². The number of hydrogen-bond donors (Lipinski definition) is 2. The number of nitrogens with one attached hydrogen (secondary N) is 1. The minimum atomic E-state index is -1.14. The number of benzene rings is 1. The van der Waals surface area contributed by atoms with Gasteiger partial charge >= 0.3 is 18.0 Å². The van der Waals surface area contributed by atoms with Crippen molar-refractivity contribution in [1.82, 2.24) is 4.90 Å². The van der Waals surface area contributed by atoms with E-state index in [4.69, 9.17) is 9.84 Å². The van der Waals surface area contributed by atoms with Crippen molar-refractivity contribution in [3.63, 3.8) is 0 Å². The number of carbonyl (C=O) groups excluding carboxylic acids is 2. The maximum absolute atomic E-state index is 11.8. The van der Waals surface area contributed by atoms with Crippen LogP contribution in [0.3, 0.4) is 0 Å². The van der Waals surface area contributed by atoms with Gasteiger partial charge in [0.25, 0.3) is 0 Å². The molecule has 0 fully saturated rings. The molecule has 0 unspecified atom stereocenters. The number of anilines is 1. The number of rotatable bonds is 5. The first-order valence-electron chi connectivity index (χ1n) is 5.89. The Morgan fingerprint density at radius 1 is 1.29 bits per heavy atom. The highest BCUT2D eigenvalue weighted by Crippen LogP contribution is 2.23. The quantitative estimate of drug-likeness (QED) is 0.786. The Balaban J connectivity index is 2.99. The summed E-state index contributed by atoms with van der Waals surface area (Å²) in [6, 6.07) is 3.78. The van der Waals surface area contributed by atoms with Crippen LogP contribution < -0.4 is 10.1 Å². The number of carbonyl (C=O) groups is 3. The Morgan fingerprint density at radius 2 is 1.95 bits per heavy atom. The van der Waals surface area contributed by atoms with Crippen LogP contribution in [0.25, 0.3) is 0 Å². The summed E-state index contributed by atoms with van der Waals surface area (Å²) >= 11 is 0. The summed E-state index contributed by atoms with van der Waals surface area (Å²) in [5.74, 6) is -1.37. The van der Waals surface area contributed by atoms with E-state index in [-0.39, 0.29) is 11.3 Å². The van der Waals surface area contributed by atoms with Gasteiger partial charge in [-0.25, -0.2) is 9.59 Å². The molecule has 1 aromatic rings. The number of aliphatic carboxylic acids is 1. The third kappa shape index (κ3) is 4.37. The molecule has 0 spiro atoms. The van der Waals surface area contributed by atoms with E-state index >= 15 is 0 Å². The van der Waals surface area contributed by atoms with Crippen LogP contribution in [0.15, 0.2) is 18.2 Å². The molecule has 0 radical (unpaired) electrons. The molecule has 8 heteroatoms. The Labute approximate surface area is 121 Å². The van der Waals surface area contributed by atoms with E-state index in [0.29, 0.717) is 5.75 Å². The molecule has 0 atom stereocenters. The van der Waals surface area contributed by atoms with Crippen LogP contribution in [0.2, 0.25) is 0 Å². The van der Waals surface area contributed by atoms with Crippen LogP contribution in [0.5, 0.6) is 5.75 Å². The van der Waals surface area contributed by atoms with Crippen LogP contribution >= 0.6 is 0 Å². The highest BCUT2D eigenvalue weighted by molar-refractivity contribution is 6.01. The average Bonchev–Trinajstić information content (AvgIpc) is 2.46. The third-order valence-electron chi connectivity index (χ3n) is 2.59. The van der Waals surface area contributed by atoms with Crippen molar-refractivity contribution < 1.29 is 29.0 Å². The van der Waals surface area contributed by atoms with Crippen molar-refractivity contribution in [3.8, 4) is 5.75 Å². The number of carboxylic acids is 1. The molecule has 8 nitrogen and oxygen atoms in total. The topological polar surface area (TPSA) is 105 Å². The molecule has 2 amide bonds. The number of likely N-dealkylation sites (N-methyl/N-ethyl adjacent to an activating group) is 1. The zero-order valence-electron chi connectivity index (χ0n) is 11.9. The molecule has 0 heterocycles. The number of nitrogens with zero attached hydrogens (tertiary/aromatic N) is 1. The summed E-state index contributed by atoms with van der Waals surface area (Å²) in [5.41, 5.74) is 0.304. The van der Waals surface area contributed by atoms with E-state index in [1.54, 1.807) is 6.07 Å². The zero-order chi connectivity index (χ0) is 16.0. The van der Waals surface area contributed by atoms with E-state index in [0.717, 1.165) is 4.90 Å². The average molecular weight is 296 g/mol. The van der Waals surface area contributed by atoms with Crippen molar-refractivity contribution >= 4 is 23.7 Å². The van der Waals surface area contributed by atoms with Crippen LogP contribution in [0.4, 0.5) is 10.5 Å². The summed E-state index contributed by atoms with van der Waals surface area (Å²) in [7, 11) is 3.98. The van der Waals surface area contributed by atoms with Crippen molar-refractivity contribution in [2.45, 2.75) is 0 Å². The van der Waals surface area contributed by atoms with Gasteiger partial charge in [0.2, 0.25) is 0 Å². The van der Waals surface area contributed by atoms with Gasteiger partial charge in [-0.05, 0) is 18.2 Å². The van der Waals surface area contributed by atoms with Gasteiger partial charge in [-0.2, -0.15) is 0 Å². The minimum Gasteiger partial charge on any atom is -0.497 e. The summed E-state index contributed by atoms with van der Waals surface area (Å²) in [5, 5.41) is 11.1. The molecule has 114 valence electrons. The van der Waals surface area contributed by atoms with Gasteiger partial charge in [-0.1, -0.05) is 0 Å². The number of hydrogen-bond acceptors (Lipinski definition) is 5. The predicted octanol–water partition coefficient (Wildman–Crippen LogP) is 1.03. The molecule has 21 heavy (non-hydrogen) atoms. The number of esters is 1. The van der Waals surface area contributed by atoms with Crippen molar-refractivity contribution in [3.05, 3.63) is 23.8 Å². The summed E-state index contributed by atoms with van der Waals surface area (Å²) in [6.07, 6.45) is 0. The molecule has 0 bridgehead atoms. The monoisotopic (exact) mass is 296 g/mol. The number of amides is 2. The first kappa shape index (κ1) is 16.3. The SMILES string of the molecule is COC(=O)c1cc(OC)ccc1NC(=O)N(C)CC(=O)O. The lowest BCUT2D eigenvalue weighted by Gasteiger charge is -2.17.